The normalized spacial score (nSPS) is 15.2. The number of ether oxygens (including phenoxy) is 1. The summed E-state index contributed by atoms with van der Waals surface area (Å²) >= 11 is 0. The van der Waals surface area contributed by atoms with Gasteiger partial charge in [0.25, 0.3) is 5.91 Å². The Labute approximate surface area is 140 Å². The number of carbonyl (C=O) groups excluding carboxylic acids is 2. The van der Waals surface area contributed by atoms with E-state index in [1.807, 2.05) is 42.5 Å². The molecule has 0 bridgehead atoms. The van der Waals surface area contributed by atoms with Gasteiger partial charge in [-0.25, -0.2) is 4.79 Å². The van der Waals surface area contributed by atoms with Crippen LogP contribution in [0.3, 0.4) is 0 Å². The second kappa shape index (κ2) is 7.46. The predicted molar refractivity (Wildman–Crippen MR) is 91.4 cm³/mol. The third kappa shape index (κ3) is 4.01. The molecule has 2 N–H and O–H groups in total. The highest BCUT2D eigenvalue weighted by molar-refractivity contribution is 6.14. The van der Waals surface area contributed by atoms with E-state index in [9.17, 15) is 9.59 Å². The van der Waals surface area contributed by atoms with E-state index in [-0.39, 0.29) is 5.70 Å². The standard InChI is InChI=1S/C19H18N2O3/c22-18-16(20-19(23)21-18)13-15-10-4-5-11-17(15)24-12-6-9-14-7-2-1-3-8-14/h1-5,7-8,10-11,13H,6,9,12H2,(H2,20,21,22,23)/b16-13+. The third-order valence-electron chi connectivity index (χ3n) is 3.65. The van der Waals surface area contributed by atoms with Crippen molar-refractivity contribution < 1.29 is 14.3 Å². The highest BCUT2D eigenvalue weighted by Gasteiger charge is 2.23. The van der Waals surface area contributed by atoms with Crippen molar-refractivity contribution in [2.45, 2.75) is 12.8 Å². The summed E-state index contributed by atoms with van der Waals surface area (Å²) in [6, 6.07) is 17.2. The van der Waals surface area contributed by atoms with Crippen LogP contribution in [0.2, 0.25) is 0 Å². The average molecular weight is 322 g/mol. The van der Waals surface area contributed by atoms with Crippen LogP contribution in [0.4, 0.5) is 4.79 Å². The largest absolute Gasteiger partial charge is 0.493 e. The number of hydrogen-bond donors (Lipinski definition) is 2. The number of nitrogens with one attached hydrogen (secondary N) is 2. The number of imide groups is 1. The predicted octanol–water partition coefficient (Wildman–Crippen LogP) is 2.88. The van der Waals surface area contributed by atoms with E-state index in [2.05, 4.69) is 22.8 Å². The van der Waals surface area contributed by atoms with Crippen LogP contribution in [0.5, 0.6) is 5.75 Å². The van der Waals surface area contributed by atoms with Gasteiger partial charge in [-0.3, -0.25) is 10.1 Å². The molecule has 0 unspecified atom stereocenters. The topological polar surface area (TPSA) is 67.4 Å². The van der Waals surface area contributed by atoms with Crippen LogP contribution in [0.15, 0.2) is 60.3 Å². The molecule has 0 aliphatic carbocycles. The fourth-order valence-corrected chi connectivity index (χ4v) is 2.47. The summed E-state index contributed by atoms with van der Waals surface area (Å²) in [6.45, 7) is 0.577. The number of aryl methyl sites for hydroxylation is 1. The minimum atomic E-state index is -0.507. The number of benzene rings is 2. The number of para-hydroxylation sites is 1. The fourth-order valence-electron chi connectivity index (χ4n) is 2.47. The lowest BCUT2D eigenvalue weighted by Crippen LogP contribution is -2.22. The van der Waals surface area contributed by atoms with E-state index >= 15 is 0 Å². The average Bonchev–Trinajstić information content (AvgIpc) is 2.91. The van der Waals surface area contributed by atoms with E-state index < -0.39 is 11.9 Å². The first-order valence-electron chi connectivity index (χ1n) is 7.82. The molecule has 2 aromatic carbocycles. The first-order chi connectivity index (χ1) is 11.7. The summed E-state index contributed by atoms with van der Waals surface area (Å²) in [5.74, 6) is 0.255. The summed E-state index contributed by atoms with van der Waals surface area (Å²) in [4.78, 5) is 22.8. The Hall–Kier alpha value is -3.08. The van der Waals surface area contributed by atoms with Crippen molar-refractivity contribution >= 4 is 18.0 Å². The van der Waals surface area contributed by atoms with Crippen molar-refractivity contribution in [2.24, 2.45) is 0 Å². The van der Waals surface area contributed by atoms with Gasteiger partial charge in [0.15, 0.2) is 0 Å². The molecule has 3 amide bonds. The molecule has 0 radical (unpaired) electrons. The maximum absolute atomic E-state index is 11.6. The molecule has 0 spiro atoms. The highest BCUT2D eigenvalue weighted by atomic mass is 16.5. The number of amides is 3. The van der Waals surface area contributed by atoms with E-state index in [1.54, 1.807) is 6.08 Å². The van der Waals surface area contributed by atoms with Crippen molar-refractivity contribution in [3.8, 4) is 5.75 Å². The Bertz CT molecular complexity index is 769. The van der Waals surface area contributed by atoms with Crippen LogP contribution in [-0.4, -0.2) is 18.5 Å². The van der Waals surface area contributed by atoms with E-state index in [0.717, 1.165) is 18.4 Å². The Morgan fingerprint density at radius 2 is 1.67 bits per heavy atom. The molecule has 3 rings (SSSR count). The van der Waals surface area contributed by atoms with Gasteiger partial charge < -0.3 is 10.1 Å². The van der Waals surface area contributed by atoms with E-state index in [0.29, 0.717) is 12.4 Å². The van der Waals surface area contributed by atoms with Crippen molar-refractivity contribution in [3.63, 3.8) is 0 Å². The number of hydrogen-bond acceptors (Lipinski definition) is 3. The van der Waals surface area contributed by atoms with Crippen molar-refractivity contribution in [2.75, 3.05) is 6.61 Å². The second-order valence-corrected chi connectivity index (χ2v) is 5.44. The molecule has 0 saturated carbocycles. The molecule has 0 atom stereocenters. The molecule has 1 fully saturated rings. The molecule has 1 aliphatic rings. The summed E-state index contributed by atoms with van der Waals surface area (Å²) in [5.41, 5.74) is 2.26. The lowest BCUT2D eigenvalue weighted by molar-refractivity contribution is -0.115. The first-order valence-corrected chi connectivity index (χ1v) is 7.82. The van der Waals surface area contributed by atoms with Gasteiger partial charge in [-0.15, -0.1) is 0 Å². The van der Waals surface area contributed by atoms with Crippen LogP contribution in [-0.2, 0) is 11.2 Å². The number of carbonyl (C=O) groups is 2. The van der Waals surface area contributed by atoms with Gasteiger partial charge in [0.1, 0.15) is 11.4 Å². The minimum Gasteiger partial charge on any atom is -0.493 e. The zero-order chi connectivity index (χ0) is 16.8. The number of urea groups is 1. The molecule has 1 heterocycles. The quantitative estimate of drug-likeness (QED) is 0.488. The minimum absolute atomic E-state index is 0.223. The van der Waals surface area contributed by atoms with Crippen LogP contribution in [0, 0.1) is 0 Å². The van der Waals surface area contributed by atoms with Gasteiger partial charge in [0, 0.05) is 5.56 Å². The van der Waals surface area contributed by atoms with Gasteiger partial charge in [-0.1, -0.05) is 48.5 Å². The smallest absolute Gasteiger partial charge is 0.326 e. The van der Waals surface area contributed by atoms with E-state index in [4.69, 9.17) is 4.74 Å². The Kier molecular flexibility index (Phi) is 4.91. The van der Waals surface area contributed by atoms with Gasteiger partial charge in [-0.05, 0) is 30.5 Å². The summed E-state index contributed by atoms with van der Waals surface area (Å²) in [7, 11) is 0. The Balaban J connectivity index is 1.61. The van der Waals surface area contributed by atoms with Crippen molar-refractivity contribution in [1.82, 2.24) is 10.6 Å². The van der Waals surface area contributed by atoms with E-state index in [1.165, 1.54) is 5.56 Å². The first kappa shape index (κ1) is 15.8. The lowest BCUT2D eigenvalue weighted by Gasteiger charge is -2.09. The van der Waals surface area contributed by atoms with Crippen molar-refractivity contribution in [3.05, 3.63) is 71.4 Å². The monoisotopic (exact) mass is 322 g/mol. The maximum atomic E-state index is 11.6. The molecule has 24 heavy (non-hydrogen) atoms. The van der Waals surface area contributed by atoms with Gasteiger partial charge in [0.2, 0.25) is 0 Å². The molecule has 0 aromatic heterocycles. The zero-order valence-corrected chi connectivity index (χ0v) is 13.1. The van der Waals surface area contributed by atoms with Crippen LogP contribution < -0.4 is 15.4 Å². The Morgan fingerprint density at radius 3 is 2.42 bits per heavy atom. The Morgan fingerprint density at radius 1 is 0.917 bits per heavy atom. The summed E-state index contributed by atoms with van der Waals surface area (Å²) in [6.07, 6.45) is 3.46. The fraction of sp³-hybridized carbons (Fsp3) is 0.158. The highest BCUT2D eigenvalue weighted by Crippen LogP contribution is 2.21. The molecule has 1 saturated heterocycles. The van der Waals surface area contributed by atoms with Crippen LogP contribution >= 0.6 is 0 Å². The molecule has 2 aromatic rings. The molecule has 122 valence electrons. The van der Waals surface area contributed by atoms with Gasteiger partial charge >= 0.3 is 6.03 Å². The summed E-state index contributed by atoms with van der Waals surface area (Å²) < 4.78 is 5.84. The zero-order valence-electron chi connectivity index (χ0n) is 13.1. The van der Waals surface area contributed by atoms with Gasteiger partial charge in [0.05, 0.1) is 6.61 Å². The number of rotatable bonds is 6. The molecule has 1 aliphatic heterocycles. The van der Waals surface area contributed by atoms with Crippen LogP contribution in [0.1, 0.15) is 17.5 Å². The molecular formula is C19H18N2O3. The molecule has 5 nitrogen and oxygen atoms in total. The SMILES string of the molecule is O=C1NC(=O)/C(=C\c2ccccc2OCCCc2ccccc2)N1. The second-order valence-electron chi connectivity index (χ2n) is 5.44. The summed E-state index contributed by atoms with van der Waals surface area (Å²) in [5, 5.41) is 4.65. The lowest BCUT2D eigenvalue weighted by atomic mass is 10.1. The molecule has 5 heteroatoms. The van der Waals surface area contributed by atoms with Crippen molar-refractivity contribution in [1.29, 1.82) is 0 Å². The maximum Gasteiger partial charge on any atom is 0.326 e. The van der Waals surface area contributed by atoms with Gasteiger partial charge in [-0.2, -0.15) is 0 Å². The van der Waals surface area contributed by atoms with Crippen LogP contribution in [0.25, 0.3) is 6.08 Å². The third-order valence-corrected chi connectivity index (χ3v) is 3.65. The molecular weight excluding hydrogens is 304 g/mol.